The molecule has 1 saturated carbocycles. The Labute approximate surface area is 155 Å². The molecule has 0 aromatic heterocycles. The first kappa shape index (κ1) is 18.3. The van der Waals surface area contributed by atoms with Crippen molar-refractivity contribution in [2.75, 3.05) is 14.2 Å². The average Bonchev–Trinajstić information content (AvgIpc) is 3.50. The SMILES string of the molecule is COc1ccc(CCC(=O)NC(c2ccc(C)cc2)C2CC2)cc1OC. The molecule has 1 amide bonds. The summed E-state index contributed by atoms with van der Waals surface area (Å²) in [5.74, 6) is 2.06. The van der Waals surface area contributed by atoms with Crippen molar-refractivity contribution in [2.24, 2.45) is 5.92 Å². The number of carbonyl (C=O) groups is 1. The number of benzene rings is 2. The molecule has 1 N–H and O–H groups in total. The fourth-order valence-electron chi connectivity index (χ4n) is 3.22. The molecule has 2 aromatic carbocycles. The van der Waals surface area contributed by atoms with Crippen LogP contribution in [-0.2, 0) is 11.2 Å². The third kappa shape index (κ3) is 4.57. The van der Waals surface area contributed by atoms with Crippen LogP contribution in [0, 0.1) is 12.8 Å². The lowest BCUT2D eigenvalue weighted by Crippen LogP contribution is -2.30. The van der Waals surface area contributed by atoms with Crippen LogP contribution in [0.1, 0.15) is 42.0 Å². The Balaban J connectivity index is 1.60. The maximum atomic E-state index is 12.5. The first-order chi connectivity index (χ1) is 12.6. The molecule has 26 heavy (non-hydrogen) atoms. The molecule has 138 valence electrons. The van der Waals surface area contributed by atoms with Crippen LogP contribution >= 0.6 is 0 Å². The van der Waals surface area contributed by atoms with Crippen LogP contribution in [0.15, 0.2) is 42.5 Å². The summed E-state index contributed by atoms with van der Waals surface area (Å²) in [4.78, 5) is 12.5. The normalized spacial score (nSPS) is 14.6. The molecule has 1 unspecified atom stereocenters. The van der Waals surface area contributed by atoms with Crippen molar-refractivity contribution < 1.29 is 14.3 Å². The molecular weight excluding hydrogens is 326 g/mol. The first-order valence-electron chi connectivity index (χ1n) is 9.17. The van der Waals surface area contributed by atoms with Gasteiger partial charge in [-0.2, -0.15) is 0 Å². The Morgan fingerprint density at radius 3 is 2.38 bits per heavy atom. The predicted molar refractivity (Wildman–Crippen MR) is 103 cm³/mol. The van der Waals surface area contributed by atoms with Gasteiger partial charge in [-0.1, -0.05) is 35.9 Å². The van der Waals surface area contributed by atoms with Gasteiger partial charge in [0.15, 0.2) is 11.5 Å². The number of methoxy groups -OCH3 is 2. The largest absolute Gasteiger partial charge is 0.493 e. The third-order valence-electron chi connectivity index (χ3n) is 4.94. The standard InChI is InChI=1S/C22H27NO3/c1-15-4-8-17(9-5-15)22(18-10-11-18)23-21(24)13-7-16-6-12-19(25-2)20(14-16)26-3/h4-6,8-9,12,14,18,22H,7,10-11,13H2,1-3H3,(H,23,24). The molecule has 1 fully saturated rings. The summed E-state index contributed by atoms with van der Waals surface area (Å²) >= 11 is 0. The van der Waals surface area contributed by atoms with Gasteiger partial charge in [0.25, 0.3) is 0 Å². The monoisotopic (exact) mass is 353 g/mol. The number of hydrogen-bond donors (Lipinski definition) is 1. The lowest BCUT2D eigenvalue weighted by atomic mass is 10.0. The quantitative estimate of drug-likeness (QED) is 0.773. The lowest BCUT2D eigenvalue weighted by Gasteiger charge is -2.19. The average molecular weight is 353 g/mol. The molecule has 0 saturated heterocycles. The fourth-order valence-corrected chi connectivity index (χ4v) is 3.22. The molecule has 0 spiro atoms. The molecular formula is C22H27NO3. The van der Waals surface area contributed by atoms with Crippen LogP contribution in [0.25, 0.3) is 0 Å². The fraction of sp³-hybridized carbons (Fsp3) is 0.409. The third-order valence-corrected chi connectivity index (χ3v) is 4.94. The van der Waals surface area contributed by atoms with E-state index in [0.29, 0.717) is 30.3 Å². The van der Waals surface area contributed by atoms with Crippen molar-refractivity contribution in [3.8, 4) is 11.5 Å². The Morgan fingerprint density at radius 2 is 1.77 bits per heavy atom. The van der Waals surface area contributed by atoms with E-state index in [1.165, 1.54) is 24.0 Å². The number of nitrogens with one attached hydrogen (secondary N) is 1. The molecule has 2 aromatic rings. The number of ether oxygens (including phenoxy) is 2. The van der Waals surface area contributed by atoms with Gasteiger partial charge >= 0.3 is 0 Å². The number of amides is 1. The minimum absolute atomic E-state index is 0.0947. The van der Waals surface area contributed by atoms with Crippen LogP contribution in [0.3, 0.4) is 0 Å². The molecule has 1 aliphatic rings. The highest BCUT2D eigenvalue weighted by atomic mass is 16.5. The van der Waals surface area contributed by atoms with Crippen LogP contribution in [0.5, 0.6) is 11.5 Å². The van der Waals surface area contributed by atoms with Crippen LogP contribution in [-0.4, -0.2) is 20.1 Å². The summed E-state index contributed by atoms with van der Waals surface area (Å²) < 4.78 is 10.6. The van der Waals surface area contributed by atoms with Gasteiger partial charge in [0.2, 0.25) is 5.91 Å². The zero-order valence-corrected chi connectivity index (χ0v) is 15.7. The summed E-state index contributed by atoms with van der Waals surface area (Å²) in [7, 11) is 3.24. The van der Waals surface area contributed by atoms with Gasteiger partial charge in [0.05, 0.1) is 20.3 Å². The second kappa shape index (κ2) is 8.26. The number of carbonyl (C=O) groups excluding carboxylic acids is 1. The highest BCUT2D eigenvalue weighted by molar-refractivity contribution is 5.76. The maximum absolute atomic E-state index is 12.5. The highest BCUT2D eigenvalue weighted by Gasteiger charge is 2.33. The predicted octanol–water partition coefficient (Wildman–Crippen LogP) is 4.21. The van der Waals surface area contributed by atoms with Crippen LogP contribution in [0.4, 0.5) is 0 Å². The number of hydrogen-bond acceptors (Lipinski definition) is 3. The molecule has 0 bridgehead atoms. The van der Waals surface area contributed by atoms with Crippen molar-refractivity contribution in [3.63, 3.8) is 0 Å². The summed E-state index contributed by atoms with van der Waals surface area (Å²) in [6.07, 6.45) is 3.52. The van der Waals surface area contributed by atoms with E-state index < -0.39 is 0 Å². The lowest BCUT2D eigenvalue weighted by molar-refractivity contribution is -0.122. The van der Waals surface area contributed by atoms with Gasteiger partial charge in [0, 0.05) is 6.42 Å². The van der Waals surface area contributed by atoms with Crippen molar-refractivity contribution in [1.29, 1.82) is 0 Å². The van der Waals surface area contributed by atoms with Crippen LogP contribution < -0.4 is 14.8 Å². The molecule has 1 aliphatic carbocycles. The minimum Gasteiger partial charge on any atom is -0.493 e. The first-order valence-corrected chi connectivity index (χ1v) is 9.17. The zero-order valence-electron chi connectivity index (χ0n) is 15.7. The van der Waals surface area contributed by atoms with Gasteiger partial charge in [-0.15, -0.1) is 0 Å². The summed E-state index contributed by atoms with van der Waals surface area (Å²) in [5, 5.41) is 3.24. The van der Waals surface area contributed by atoms with Crippen molar-refractivity contribution in [3.05, 3.63) is 59.2 Å². The summed E-state index contributed by atoms with van der Waals surface area (Å²) in [6.45, 7) is 2.08. The van der Waals surface area contributed by atoms with Gasteiger partial charge < -0.3 is 14.8 Å². The summed E-state index contributed by atoms with van der Waals surface area (Å²) in [6, 6.07) is 14.4. The number of aryl methyl sites for hydroxylation is 2. The van der Waals surface area contributed by atoms with E-state index in [1.54, 1.807) is 14.2 Å². The zero-order chi connectivity index (χ0) is 18.5. The molecule has 4 heteroatoms. The molecule has 0 heterocycles. The second-order valence-electron chi connectivity index (χ2n) is 6.98. The Morgan fingerprint density at radius 1 is 1.08 bits per heavy atom. The van der Waals surface area contributed by atoms with Gasteiger partial charge in [-0.3, -0.25) is 4.79 Å². The molecule has 0 radical (unpaired) electrons. The van der Waals surface area contributed by atoms with Crippen molar-refractivity contribution >= 4 is 5.91 Å². The Bertz CT molecular complexity index is 750. The second-order valence-corrected chi connectivity index (χ2v) is 6.98. The van der Waals surface area contributed by atoms with Gasteiger partial charge in [-0.05, 0) is 55.4 Å². The minimum atomic E-state index is 0.0947. The topological polar surface area (TPSA) is 47.6 Å². The van der Waals surface area contributed by atoms with E-state index in [1.807, 2.05) is 18.2 Å². The van der Waals surface area contributed by atoms with Crippen molar-refractivity contribution in [1.82, 2.24) is 5.32 Å². The molecule has 1 atom stereocenters. The molecule has 0 aliphatic heterocycles. The smallest absolute Gasteiger partial charge is 0.220 e. The van der Waals surface area contributed by atoms with Crippen LogP contribution in [0.2, 0.25) is 0 Å². The highest BCUT2D eigenvalue weighted by Crippen LogP contribution is 2.41. The van der Waals surface area contributed by atoms with Gasteiger partial charge in [0.1, 0.15) is 0 Å². The van der Waals surface area contributed by atoms with E-state index in [4.69, 9.17) is 9.47 Å². The van der Waals surface area contributed by atoms with E-state index in [2.05, 4.69) is 36.5 Å². The van der Waals surface area contributed by atoms with E-state index >= 15 is 0 Å². The molecule has 4 nitrogen and oxygen atoms in total. The Hall–Kier alpha value is -2.49. The van der Waals surface area contributed by atoms with E-state index in [9.17, 15) is 4.79 Å². The maximum Gasteiger partial charge on any atom is 0.220 e. The van der Waals surface area contributed by atoms with Gasteiger partial charge in [-0.25, -0.2) is 0 Å². The number of rotatable bonds is 8. The Kier molecular flexibility index (Phi) is 5.82. The van der Waals surface area contributed by atoms with E-state index in [0.717, 1.165) is 5.56 Å². The molecule has 3 rings (SSSR count). The summed E-state index contributed by atoms with van der Waals surface area (Å²) in [5.41, 5.74) is 3.51. The van der Waals surface area contributed by atoms with Crippen molar-refractivity contribution in [2.45, 2.75) is 38.6 Å². The van der Waals surface area contributed by atoms with E-state index in [-0.39, 0.29) is 11.9 Å².